The first kappa shape index (κ1) is 16.1. The maximum absolute atomic E-state index is 13.0. The number of carbonyl (C=O) groups excluding carboxylic acids is 1. The molecule has 4 rings (SSSR count). The Balaban J connectivity index is 1.96. The van der Waals surface area contributed by atoms with Gasteiger partial charge < -0.3 is 0 Å². The molecule has 0 atom stereocenters. The maximum Gasteiger partial charge on any atom is 0.283 e. The Morgan fingerprint density at radius 1 is 1.12 bits per heavy atom. The summed E-state index contributed by atoms with van der Waals surface area (Å²) < 4.78 is 15.1. The molecule has 0 unspecified atom stereocenters. The van der Waals surface area contributed by atoms with Crippen molar-refractivity contribution in [3.05, 3.63) is 85.7 Å². The van der Waals surface area contributed by atoms with Gasteiger partial charge in [-0.05, 0) is 48.1 Å². The van der Waals surface area contributed by atoms with E-state index in [1.54, 1.807) is 12.2 Å². The van der Waals surface area contributed by atoms with E-state index in [2.05, 4.69) is 10.1 Å². The molecular formula is C18H11FN4O2S. The predicted octanol–water partition coefficient (Wildman–Crippen LogP) is 0.353. The Kier molecular flexibility index (Phi) is 3.81. The molecule has 0 fully saturated rings. The van der Waals surface area contributed by atoms with Gasteiger partial charge in [0.2, 0.25) is 5.13 Å². The van der Waals surface area contributed by atoms with Gasteiger partial charge in [-0.25, -0.2) is 9.07 Å². The standard InChI is InChI=1S/C18H11FN4O2S/c19-12-5-1-10(2-6-12)9-14-15(20)23-18(21-16(14)25)26-17(22-23)11-3-7-13(24)8-4-11/h1-9,20,22H/b14-9+,20-15?. The molecule has 8 heteroatoms. The number of nitrogens with one attached hydrogen (secondary N) is 2. The minimum Gasteiger partial charge on any atom is -0.290 e. The summed E-state index contributed by atoms with van der Waals surface area (Å²) in [5.74, 6) is -0.474. The highest BCUT2D eigenvalue weighted by Gasteiger charge is 2.12. The highest BCUT2D eigenvalue weighted by atomic mass is 32.1. The van der Waals surface area contributed by atoms with Gasteiger partial charge >= 0.3 is 0 Å². The zero-order chi connectivity index (χ0) is 18.3. The second-order valence-corrected chi connectivity index (χ2v) is 6.54. The second-order valence-electron chi connectivity index (χ2n) is 5.56. The fraction of sp³-hybridized carbons (Fsp3) is 0. The summed E-state index contributed by atoms with van der Waals surface area (Å²) in [6.45, 7) is 0. The lowest BCUT2D eigenvalue weighted by molar-refractivity contribution is -0.110. The quantitative estimate of drug-likeness (QED) is 0.651. The molecule has 0 bridgehead atoms. The predicted molar refractivity (Wildman–Crippen MR) is 95.0 cm³/mol. The van der Waals surface area contributed by atoms with Crippen LogP contribution in [0.25, 0.3) is 16.8 Å². The number of halogens is 1. The number of aromatic amines is 1. The van der Waals surface area contributed by atoms with Crippen LogP contribution in [0, 0.1) is 11.2 Å². The normalized spacial score (nSPS) is 14.6. The molecule has 1 aliphatic carbocycles. The van der Waals surface area contributed by atoms with Crippen LogP contribution in [-0.4, -0.2) is 20.5 Å². The first-order valence-electron chi connectivity index (χ1n) is 7.59. The third-order valence-electron chi connectivity index (χ3n) is 3.80. The fourth-order valence-corrected chi connectivity index (χ4v) is 3.42. The lowest BCUT2D eigenvalue weighted by Gasteiger charge is -2.00. The summed E-state index contributed by atoms with van der Waals surface area (Å²) in [6.07, 6.45) is 7.72. The Bertz CT molecular complexity index is 1270. The van der Waals surface area contributed by atoms with E-state index in [4.69, 9.17) is 5.41 Å². The van der Waals surface area contributed by atoms with Crippen molar-refractivity contribution in [1.29, 1.82) is 5.41 Å². The van der Waals surface area contributed by atoms with Gasteiger partial charge in [-0.1, -0.05) is 23.5 Å². The Labute approximate surface area is 149 Å². The molecule has 0 spiro atoms. The number of aromatic nitrogens is 3. The van der Waals surface area contributed by atoms with Crippen molar-refractivity contribution in [2.75, 3.05) is 0 Å². The number of carbonyl (C=O) groups is 1. The molecule has 3 aliphatic rings. The van der Waals surface area contributed by atoms with E-state index in [1.807, 2.05) is 0 Å². The van der Waals surface area contributed by atoms with Gasteiger partial charge in [0.05, 0.1) is 5.22 Å². The van der Waals surface area contributed by atoms with Crippen LogP contribution in [0.1, 0.15) is 5.56 Å². The third kappa shape index (κ3) is 2.86. The first-order valence-corrected chi connectivity index (χ1v) is 8.41. The molecule has 0 saturated carbocycles. The SMILES string of the molecule is N=c1/c(=C\c2ccc(F)cc2)c(=O)nc2sc(=C3C=CC(=O)C=C3)[nH]n1-2. The van der Waals surface area contributed by atoms with E-state index in [0.29, 0.717) is 15.4 Å². The number of hydrogen-bond donors (Lipinski definition) is 2. The highest BCUT2D eigenvalue weighted by molar-refractivity contribution is 7.11. The Morgan fingerprint density at radius 2 is 1.81 bits per heavy atom. The fourth-order valence-electron chi connectivity index (χ4n) is 2.49. The zero-order valence-electron chi connectivity index (χ0n) is 13.2. The van der Waals surface area contributed by atoms with Crippen LogP contribution in [0.15, 0.2) is 53.4 Å². The van der Waals surface area contributed by atoms with Crippen molar-refractivity contribution in [3.8, 4) is 5.13 Å². The molecular weight excluding hydrogens is 355 g/mol. The summed E-state index contributed by atoms with van der Waals surface area (Å²) in [5, 5.41) is 11.8. The van der Waals surface area contributed by atoms with Gasteiger partial charge in [-0.3, -0.25) is 20.1 Å². The zero-order valence-corrected chi connectivity index (χ0v) is 14.0. The molecule has 26 heavy (non-hydrogen) atoms. The minimum atomic E-state index is -0.531. The molecule has 1 aromatic carbocycles. The molecule has 0 saturated heterocycles. The number of hydrogen-bond acceptors (Lipinski definition) is 5. The Hall–Kier alpha value is -3.39. The lowest BCUT2D eigenvalue weighted by Crippen LogP contribution is -2.47. The monoisotopic (exact) mass is 366 g/mol. The van der Waals surface area contributed by atoms with Crippen molar-refractivity contribution < 1.29 is 9.18 Å². The molecule has 0 aromatic heterocycles. The van der Waals surface area contributed by atoms with Crippen molar-refractivity contribution in [3.63, 3.8) is 0 Å². The summed E-state index contributed by atoms with van der Waals surface area (Å²) in [4.78, 5) is 27.6. The third-order valence-corrected chi connectivity index (χ3v) is 4.79. The molecule has 1 aromatic rings. The van der Waals surface area contributed by atoms with Crippen LogP contribution >= 0.6 is 11.3 Å². The largest absolute Gasteiger partial charge is 0.290 e. The highest BCUT2D eigenvalue weighted by Crippen LogP contribution is 2.09. The number of ketones is 1. The van der Waals surface area contributed by atoms with Crippen molar-refractivity contribution in [1.82, 2.24) is 14.8 Å². The Morgan fingerprint density at radius 3 is 2.50 bits per heavy atom. The average Bonchev–Trinajstić information content (AvgIpc) is 3.05. The van der Waals surface area contributed by atoms with Gasteiger partial charge in [0, 0.05) is 5.57 Å². The van der Waals surface area contributed by atoms with Gasteiger partial charge in [0.1, 0.15) is 10.5 Å². The van der Waals surface area contributed by atoms with Crippen LogP contribution < -0.4 is 20.9 Å². The van der Waals surface area contributed by atoms with E-state index in [0.717, 1.165) is 5.57 Å². The molecule has 2 heterocycles. The first-order chi connectivity index (χ1) is 12.5. The smallest absolute Gasteiger partial charge is 0.283 e. The number of benzene rings is 1. The molecule has 2 N–H and O–H groups in total. The van der Waals surface area contributed by atoms with Crippen LogP contribution in [0.5, 0.6) is 0 Å². The maximum atomic E-state index is 13.0. The van der Waals surface area contributed by atoms with Crippen LogP contribution in [0.3, 0.4) is 0 Å². The molecule has 2 aliphatic heterocycles. The van der Waals surface area contributed by atoms with Gasteiger partial charge in [-0.15, -0.1) is 0 Å². The van der Waals surface area contributed by atoms with Crippen molar-refractivity contribution >= 4 is 28.8 Å². The van der Waals surface area contributed by atoms with Gasteiger partial charge in [0.25, 0.3) is 5.56 Å². The minimum absolute atomic E-state index is 0.0488. The molecule has 0 amide bonds. The van der Waals surface area contributed by atoms with Crippen molar-refractivity contribution in [2.24, 2.45) is 0 Å². The van der Waals surface area contributed by atoms with Crippen LogP contribution in [0.2, 0.25) is 0 Å². The van der Waals surface area contributed by atoms with Crippen LogP contribution in [0.4, 0.5) is 4.39 Å². The second kappa shape index (κ2) is 6.16. The summed E-state index contributed by atoms with van der Waals surface area (Å²) in [5.41, 5.74) is 0.777. The number of rotatable bonds is 1. The number of H-pyrrole nitrogens is 1. The lowest BCUT2D eigenvalue weighted by atomic mass is 10.1. The number of fused-ring (bicyclic) bond motifs is 1. The van der Waals surface area contributed by atoms with E-state index in [9.17, 15) is 14.0 Å². The van der Waals surface area contributed by atoms with E-state index >= 15 is 0 Å². The van der Waals surface area contributed by atoms with E-state index in [-0.39, 0.29) is 22.3 Å². The molecule has 6 nitrogen and oxygen atoms in total. The van der Waals surface area contributed by atoms with Crippen LogP contribution in [-0.2, 0) is 4.79 Å². The van der Waals surface area contributed by atoms with E-state index < -0.39 is 5.56 Å². The average molecular weight is 366 g/mol. The number of nitrogens with zero attached hydrogens (tertiary/aromatic N) is 2. The van der Waals surface area contributed by atoms with Gasteiger partial charge in [-0.2, -0.15) is 4.98 Å². The van der Waals surface area contributed by atoms with E-state index in [1.165, 1.54) is 58.5 Å². The summed E-state index contributed by atoms with van der Waals surface area (Å²) >= 11 is 1.21. The molecule has 0 radical (unpaired) electrons. The van der Waals surface area contributed by atoms with Crippen molar-refractivity contribution in [2.45, 2.75) is 0 Å². The molecule has 128 valence electrons. The topological polar surface area (TPSA) is 91.6 Å². The summed E-state index contributed by atoms with van der Waals surface area (Å²) in [7, 11) is 0. The van der Waals surface area contributed by atoms with Gasteiger partial charge in [0.15, 0.2) is 11.3 Å². The summed E-state index contributed by atoms with van der Waals surface area (Å²) in [6, 6.07) is 5.62. The number of allylic oxidation sites excluding steroid dienone is 4.